The van der Waals surface area contributed by atoms with Gasteiger partial charge in [-0.05, 0) is 38.5 Å². The summed E-state index contributed by atoms with van der Waals surface area (Å²) in [6.07, 6.45) is 1.27. The molecule has 0 bridgehead atoms. The molecule has 0 aliphatic carbocycles. The lowest BCUT2D eigenvalue weighted by atomic mass is 10.1. The first-order valence-corrected chi connectivity index (χ1v) is 6.22. The number of hydrogen-bond acceptors (Lipinski definition) is 3. The van der Waals surface area contributed by atoms with E-state index in [1.807, 2.05) is 26.0 Å². The van der Waals surface area contributed by atoms with E-state index >= 15 is 0 Å². The number of anilines is 2. The number of carbonyl (C=O) groups is 1. The third-order valence-corrected chi connectivity index (χ3v) is 2.84. The van der Waals surface area contributed by atoms with Gasteiger partial charge >= 0.3 is 0 Å². The summed E-state index contributed by atoms with van der Waals surface area (Å²) in [5.41, 5.74) is 6.82. The topological polar surface area (TPSA) is 64.3 Å². The average Bonchev–Trinajstić information content (AvgIpc) is 2.28. The molecule has 1 rings (SSSR count). The van der Waals surface area contributed by atoms with E-state index in [1.54, 1.807) is 12.1 Å². The third-order valence-electron chi connectivity index (χ3n) is 2.84. The van der Waals surface area contributed by atoms with Crippen LogP contribution in [0.25, 0.3) is 0 Å². The van der Waals surface area contributed by atoms with Crippen molar-refractivity contribution in [2.24, 2.45) is 0 Å². The monoisotopic (exact) mass is 250 g/mol. The first kappa shape index (κ1) is 14.5. The maximum Gasteiger partial charge on any atom is 0.226 e. The van der Waals surface area contributed by atoms with Crippen LogP contribution in [0.15, 0.2) is 24.3 Å². The molecule has 0 saturated heterocycles. The van der Waals surface area contributed by atoms with Crippen molar-refractivity contribution < 1.29 is 9.53 Å². The Kier molecular flexibility index (Phi) is 5.16. The molecule has 4 heteroatoms. The van der Waals surface area contributed by atoms with Gasteiger partial charge in [0.1, 0.15) is 0 Å². The van der Waals surface area contributed by atoms with Gasteiger partial charge in [-0.1, -0.05) is 13.0 Å². The molecule has 0 aromatic heterocycles. The van der Waals surface area contributed by atoms with Gasteiger partial charge in [0.2, 0.25) is 5.91 Å². The van der Waals surface area contributed by atoms with Crippen LogP contribution in [-0.2, 0) is 9.53 Å². The van der Waals surface area contributed by atoms with Crippen LogP contribution in [0.2, 0.25) is 0 Å². The predicted octanol–water partition coefficient (Wildman–Crippen LogP) is 2.80. The van der Waals surface area contributed by atoms with Crippen LogP contribution in [0, 0.1) is 0 Å². The second kappa shape index (κ2) is 6.40. The molecule has 1 aromatic rings. The molecule has 0 heterocycles. The van der Waals surface area contributed by atoms with Crippen molar-refractivity contribution in [2.75, 3.05) is 17.7 Å². The van der Waals surface area contributed by atoms with Crippen LogP contribution >= 0.6 is 0 Å². The van der Waals surface area contributed by atoms with Crippen LogP contribution in [0.1, 0.15) is 33.6 Å². The van der Waals surface area contributed by atoms with Crippen LogP contribution < -0.4 is 11.1 Å². The lowest BCUT2D eigenvalue weighted by Gasteiger charge is -2.23. The number of nitrogens with two attached hydrogens (primary N) is 1. The van der Waals surface area contributed by atoms with E-state index < -0.39 is 0 Å². The highest BCUT2D eigenvalue weighted by Gasteiger charge is 2.15. The summed E-state index contributed by atoms with van der Waals surface area (Å²) in [5.74, 6) is -0.0625. The van der Waals surface area contributed by atoms with Crippen LogP contribution in [-0.4, -0.2) is 18.1 Å². The molecule has 4 nitrogen and oxygen atoms in total. The minimum atomic E-state index is -0.169. The maximum absolute atomic E-state index is 11.7. The number of ether oxygens (including phenoxy) is 1. The number of hydrogen-bond donors (Lipinski definition) is 2. The van der Waals surface area contributed by atoms with Crippen molar-refractivity contribution in [1.29, 1.82) is 0 Å². The first-order valence-electron chi connectivity index (χ1n) is 6.22. The number of nitrogen functional groups attached to an aromatic ring is 1. The van der Waals surface area contributed by atoms with Gasteiger partial charge in [-0.2, -0.15) is 0 Å². The molecule has 1 amide bonds. The molecule has 0 aliphatic heterocycles. The summed E-state index contributed by atoms with van der Waals surface area (Å²) in [5, 5.41) is 2.79. The van der Waals surface area contributed by atoms with Gasteiger partial charge < -0.3 is 15.8 Å². The predicted molar refractivity (Wildman–Crippen MR) is 74.4 cm³/mol. The van der Waals surface area contributed by atoms with Crippen LogP contribution in [0.5, 0.6) is 0 Å². The smallest absolute Gasteiger partial charge is 0.226 e. The highest BCUT2D eigenvalue weighted by atomic mass is 16.5. The zero-order valence-corrected chi connectivity index (χ0v) is 11.3. The van der Waals surface area contributed by atoms with E-state index in [-0.39, 0.29) is 11.5 Å². The Balaban J connectivity index is 2.34. The van der Waals surface area contributed by atoms with Gasteiger partial charge in [-0.15, -0.1) is 0 Å². The number of amides is 1. The normalized spacial score (nSPS) is 11.3. The molecular weight excluding hydrogens is 228 g/mol. The average molecular weight is 250 g/mol. The Morgan fingerprint density at radius 1 is 1.44 bits per heavy atom. The summed E-state index contributed by atoms with van der Waals surface area (Å²) in [4.78, 5) is 11.7. The summed E-state index contributed by atoms with van der Waals surface area (Å²) in [6, 6.07) is 7.13. The molecule has 1 aromatic carbocycles. The van der Waals surface area contributed by atoms with E-state index in [1.165, 1.54) is 0 Å². The van der Waals surface area contributed by atoms with Gasteiger partial charge in [0.05, 0.1) is 18.6 Å². The van der Waals surface area contributed by atoms with Crippen molar-refractivity contribution in [3.8, 4) is 0 Å². The van der Waals surface area contributed by atoms with Crippen molar-refractivity contribution in [3.63, 3.8) is 0 Å². The van der Waals surface area contributed by atoms with Gasteiger partial charge in [0.15, 0.2) is 0 Å². The van der Waals surface area contributed by atoms with Gasteiger partial charge in [-0.3, -0.25) is 4.79 Å². The van der Waals surface area contributed by atoms with E-state index in [0.717, 1.165) is 12.1 Å². The standard InChI is InChI=1S/C14H22N2O2/c1-4-14(2,3)18-9-8-13(17)16-12-7-5-6-11(15)10-12/h5-7,10H,4,8-9,15H2,1-3H3,(H,16,17). The highest BCUT2D eigenvalue weighted by molar-refractivity contribution is 5.91. The number of benzene rings is 1. The Labute approximate surface area is 109 Å². The highest BCUT2D eigenvalue weighted by Crippen LogP contribution is 2.14. The van der Waals surface area contributed by atoms with Gasteiger partial charge in [0, 0.05) is 11.4 Å². The van der Waals surface area contributed by atoms with E-state index in [9.17, 15) is 4.79 Å². The lowest BCUT2D eigenvalue weighted by Crippen LogP contribution is -2.25. The van der Waals surface area contributed by atoms with Crippen molar-refractivity contribution in [3.05, 3.63) is 24.3 Å². The largest absolute Gasteiger partial charge is 0.399 e. The van der Waals surface area contributed by atoms with Crippen LogP contribution in [0.3, 0.4) is 0 Å². The molecule has 3 N–H and O–H groups in total. The molecular formula is C14H22N2O2. The second-order valence-electron chi connectivity index (χ2n) is 4.89. The summed E-state index contributed by atoms with van der Waals surface area (Å²) in [7, 11) is 0. The van der Waals surface area contributed by atoms with Crippen molar-refractivity contribution in [1.82, 2.24) is 0 Å². The van der Waals surface area contributed by atoms with Gasteiger partial charge in [0.25, 0.3) is 0 Å². The minimum absolute atomic E-state index is 0.0625. The summed E-state index contributed by atoms with van der Waals surface area (Å²) >= 11 is 0. The number of nitrogens with one attached hydrogen (secondary N) is 1. The Morgan fingerprint density at radius 3 is 2.78 bits per heavy atom. The molecule has 0 aliphatic rings. The molecule has 0 fully saturated rings. The summed E-state index contributed by atoms with van der Waals surface area (Å²) < 4.78 is 5.63. The van der Waals surface area contributed by atoms with E-state index in [4.69, 9.17) is 10.5 Å². The van der Waals surface area contributed by atoms with E-state index in [0.29, 0.717) is 18.7 Å². The molecule has 100 valence electrons. The van der Waals surface area contributed by atoms with E-state index in [2.05, 4.69) is 12.2 Å². The fourth-order valence-corrected chi connectivity index (χ4v) is 1.36. The summed E-state index contributed by atoms with van der Waals surface area (Å²) in [6.45, 7) is 6.52. The second-order valence-corrected chi connectivity index (χ2v) is 4.89. The number of carbonyl (C=O) groups excluding carboxylic acids is 1. The van der Waals surface area contributed by atoms with Crippen LogP contribution in [0.4, 0.5) is 11.4 Å². The van der Waals surface area contributed by atoms with Crippen molar-refractivity contribution in [2.45, 2.75) is 39.2 Å². The fraction of sp³-hybridized carbons (Fsp3) is 0.500. The number of rotatable bonds is 6. The molecule has 18 heavy (non-hydrogen) atoms. The van der Waals surface area contributed by atoms with Crippen molar-refractivity contribution >= 4 is 17.3 Å². The minimum Gasteiger partial charge on any atom is -0.399 e. The maximum atomic E-state index is 11.7. The molecule has 0 spiro atoms. The zero-order chi connectivity index (χ0) is 13.6. The quantitative estimate of drug-likeness (QED) is 0.763. The fourth-order valence-electron chi connectivity index (χ4n) is 1.36. The zero-order valence-electron chi connectivity index (χ0n) is 11.3. The molecule has 0 atom stereocenters. The van der Waals surface area contributed by atoms with Gasteiger partial charge in [-0.25, -0.2) is 0 Å². The molecule has 0 unspecified atom stereocenters. The molecule has 0 saturated carbocycles. The first-order chi connectivity index (χ1) is 8.43. The SMILES string of the molecule is CCC(C)(C)OCCC(=O)Nc1cccc(N)c1. The molecule has 0 radical (unpaired) electrons. The Bertz CT molecular complexity index is 403. The Hall–Kier alpha value is -1.55. The Morgan fingerprint density at radius 2 is 2.17 bits per heavy atom. The lowest BCUT2D eigenvalue weighted by molar-refractivity contribution is -0.118. The third kappa shape index (κ3) is 5.19.